The van der Waals surface area contributed by atoms with Crippen molar-refractivity contribution < 1.29 is 4.12 Å². The average Bonchev–Trinajstić information content (AvgIpc) is 1.21. The molecule has 0 heterocycles. The van der Waals surface area contributed by atoms with E-state index in [9.17, 15) is 0 Å². The summed E-state index contributed by atoms with van der Waals surface area (Å²) in [4.78, 5) is 0. The summed E-state index contributed by atoms with van der Waals surface area (Å²) in [5.41, 5.74) is 0. The summed E-state index contributed by atoms with van der Waals surface area (Å²) >= 11 is 10.9. The van der Waals surface area contributed by atoms with E-state index < -0.39 is 16.0 Å². The minimum absolute atomic E-state index is 1.44. The Morgan fingerprint density at radius 3 is 1.62 bits per heavy atom. The second kappa shape index (κ2) is 3.22. The molecule has 1 radical (unpaired) electrons. The third-order valence-electron chi connectivity index (χ3n) is 0.383. The van der Waals surface area contributed by atoms with Crippen LogP contribution in [0.15, 0.2) is 0 Å². The standard InChI is InChI=1S/C3H9Cl2OSi2/c1-8(2,3)6-7(4)5/h1-3H3. The molecule has 8 heavy (non-hydrogen) atoms. The average molecular weight is 188 g/mol. The van der Waals surface area contributed by atoms with Gasteiger partial charge in [0, 0.05) is 0 Å². The normalized spacial score (nSPS) is 12.8. The molecule has 0 aliphatic carbocycles. The SMILES string of the molecule is C[Si](C)(C)O[Si](Cl)Cl. The van der Waals surface area contributed by atoms with Gasteiger partial charge < -0.3 is 4.12 Å². The van der Waals surface area contributed by atoms with Crippen LogP contribution in [0.2, 0.25) is 19.6 Å². The van der Waals surface area contributed by atoms with E-state index >= 15 is 0 Å². The molecule has 0 fully saturated rings. The summed E-state index contributed by atoms with van der Waals surface area (Å²) in [5.74, 6) is 0. The van der Waals surface area contributed by atoms with Gasteiger partial charge in [-0.25, -0.2) is 0 Å². The first-order valence-electron chi connectivity index (χ1n) is 2.29. The quantitative estimate of drug-likeness (QED) is 0.477. The molecule has 0 aliphatic rings. The van der Waals surface area contributed by atoms with E-state index in [1.807, 2.05) is 0 Å². The lowest BCUT2D eigenvalue weighted by molar-refractivity contribution is 0.607. The third kappa shape index (κ3) is 6.97. The van der Waals surface area contributed by atoms with Gasteiger partial charge in [0.15, 0.2) is 8.32 Å². The molecular formula is C3H9Cl2OSi2. The Hall–Kier alpha value is 0.974. The molecule has 1 nitrogen and oxygen atoms in total. The molecule has 0 atom stereocenters. The van der Waals surface area contributed by atoms with Crippen molar-refractivity contribution in [2.24, 2.45) is 0 Å². The van der Waals surface area contributed by atoms with E-state index in [1.165, 1.54) is 0 Å². The van der Waals surface area contributed by atoms with E-state index in [-0.39, 0.29) is 0 Å². The van der Waals surface area contributed by atoms with Crippen molar-refractivity contribution in [1.29, 1.82) is 0 Å². The zero-order chi connectivity index (χ0) is 6.78. The van der Waals surface area contributed by atoms with Crippen molar-refractivity contribution in [2.45, 2.75) is 19.6 Å². The van der Waals surface area contributed by atoms with Gasteiger partial charge in [-0.1, -0.05) is 0 Å². The molecule has 0 N–H and O–H groups in total. The van der Waals surface area contributed by atoms with Gasteiger partial charge >= 0.3 is 7.66 Å². The summed E-state index contributed by atoms with van der Waals surface area (Å²) in [6, 6.07) is 0. The van der Waals surface area contributed by atoms with Crippen molar-refractivity contribution in [3.05, 3.63) is 0 Å². The summed E-state index contributed by atoms with van der Waals surface area (Å²) in [6.07, 6.45) is 0. The fourth-order valence-electron chi connectivity index (χ4n) is 0.231. The van der Waals surface area contributed by atoms with Gasteiger partial charge in [0.05, 0.1) is 0 Å². The van der Waals surface area contributed by atoms with E-state index in [1.54, 1.807) is 0 Å². The lowest BCUT2D eigenvalue weighted by atomic mass is 11.8. The predicted molar refractivity (Wildman–Crippen MR) is 41.9 cm³/mol. The smallest absolute Gasteiger partial charge is 0.427 e. The number of hydrogen-bond donors (Lipinski definition) is 0. The van der Waals surface area contributed by atoms with Crippen LogP contribution in [0.25, 0.3) is 0 Å². The van der Waals surface area contributed by atoms with Gasteiger partial charge in [0.1, 0.15) is 0 Å². The second-order valence-corrected chi connectivity index (χ2v) is 10.6. The first kappa shape index (κ1) is 8.97. The molecule has 0 aromatic rings. The lowest BCUT2D eigenvalue weighted by Crippen LogP contribution is -2.29. The molecule has 0 aliphatic heterocycles. The van der Waals surface area contributed by atoms with E-state index in [0.29, 0.717) is 0 Å². The van der Waals surface area contributed by atoms with Crippen molar-refractivity contribution in [2.75, 3.05) is 0 Å². The highest BCUT2D eigenvalue weighted by atomic mass is 35.7. The van der Waals surface area contributed by atoms with Crippen molar-refractivity contribution in [3.63, 3.8) is 0 Å². The summed E-state index contributed by atoms with van der Waals surface area (Å²) in [6.45, 7) is 6.17. The molecular weight excluding hydrogens is 179 g/mol. The van der Waals surface area contributed by atoms with Crippen LogP contribution in [0, 0.1) is 0 Å². The Labute approximate surface area is 62.2 Å². The monoisotopic (exact) mass is 187 g/mol. The second-order valence-electron chi connectivity index (χ2n) is 2.44. The predicted octanol–water partition coefficient (Wildman–Crippen LogP) is 2.30. The van der Waals surface area contributed by atoms with Gasteiger partial charge in [0.25, 0.3) is 0 Å². The van der Waals surface area contributed by atoms with E-state index in [4.69, 9.17) is 26.3 Å². The molecule has 0 unspecified atom stereocenters. The first-order chi connectivity index (χ1) is 3.42. The van der Waals surface area contributed by atoms with Crippen LogP contribution in [0.5, 0.6) is 0 Å². The lowest BCUT2D eigenvalue weighted by Gasteiger charge is -2.16. The number of hydrogen-bond acceptors (Lipinski definition) is 1. The van der Waals surface area contributed by atoms with E-state index in [0.717, 1.165) is 0 Å². The van der Waals surface area contributed by atoms with Crippen molar-refractivity contribution >= 4 is 38.1 Å². The van der Waals surface area contributed by atoms with Gasteiger partial charge in [0.2, 0.25) is 0 Å². The summed E-state index contributed by atoms with van der Waals surface area (Å²) < 4.78 is 5.21. The Bertz CT molecular complexity index is 70.2. The highest BCUT2D eigenvalue weighted by Gasteiger charge is 2.19. The fourth-order valence-corrected chi connectivity index (χ4v) is 6.25. The molecule has 0 spiro atoms. The highest BCUT2D eigenvalue weighted by Crippen LogP contribution is 2.08. The summed E-state index contributed by atoms with van der Waals surface area (Å²) in [7, 11) is -2.92. The Morgan fingerprint density at radius 1 is 1.25 bits per heavy atom. The molecule has 0 aromatic carbocycles. The van der Waals surface area contributed by atoms with Crippen LogP contribution in [-0.4, -0.2) is 16.0 Å². The zero-order valence-electron chi connectivity index (χ0n) is 5.16. The Balaban J connectivity index is 3.39. The minimum atomic E-state index is -1.49. The van der Waals surface area contributed by atoms with Crippen molar-refractivity contribution in [1.82, 2.24) is 0 Å². The first-order valence-corrected chi connectivity index (χ1v) is 9.13. The molecule has 0 bridgehead atoms. The van der Waals surface area contributed by atoms with Gasteiger partial charge in [-0.3, -0.25) is 0 Å². The Morgan fingerprint density at radius 2 is 1.62 bits per heavy atom. The van der Waals surface area contributed by atoms with Crippen LogP contribution in [0.1, 0.15) is 0 Å². The van der Waals surface area contributed by atoms with Crippen LogP contribution in [0.3, 0.4) is 0 Å². The van der Waals surface area contributed by atoms with Gasteiger partial charge in [-0.05, 0) is 19.6 Å². The zero-order valence-corrected chi connectivity index (χ0v) is 8.68. The topological polar surface area (TPSA) is 9.23 Å². The van der Waals surface area contributed by atoms with Crippen LogP contribution in [0.4, 0.5) is 0 Å². The number of halogens is 2. The van der Waals surface area contributed by atoms with E-state index in [2.05, 4.69) is 19.6 Å². The molecule has 0 rings (SSSR count). The van der Waals surface area contributed by atoms with Gasteiger partial charge in [-0.2, -0.15) is 0 Å². The third-order valence-corrected chi connectivity index (χ3v) is 4.84. The molecule has 0 saturated carbocycles. The summed E-state index contributed by atoms with van der Waals surface area (Å²) in [5, 5.41) is 0. The van der Waals surface area contributed by atoms with Crippen LogP contribution >= 0.6 is 22.2 Å². The van der Waals surface area contributed by atoms with Gasteiger partial charge in [-0.15, -0.1) is 22.2 Å². The van der Waals surface area contributed by atoms with Crippen molar-refractivity contribution in [3.8, 4) is 0 Å². The Kier molecular flexibility index (Phi) is 3.61. The highest BCUT2D eigenvalue weighted by molar-refractivity contribution is 7.32. The number of rotatable bonds is 2. The molecule has 0 aromatic heterocycles. The fraction of sp³-hybridized carbons (Fsp3) is 1.00. The minimum Gasteiger partial charge on any atom is -0.433 e. The maximum absolute atomic E-state index is 5.44. The molecule has 0 saturated heterocycles. The van der Waals surface area contributed by atoms with Crippen LogP contribution in [-0.2, 0) is 4.12 Å². The molecule has 49 valence electrons. The molecule has 5 heteroatoms. The van der Waals surface area contributed by atoms with Crippen LogP contribution < -0.4 is 0 Å². The maximum Gasteiger partial charge on any atom is 0.427 e. The molecule has 0 amide bonds. The maximum atomic E-state index is 5.44. The largest absolute Gasteiger partial charge is 0.433 e.